The smallest absolute Gasteiger partial charge is 0.278 e. The molecule has 0 unspecified atom stereocenters. The maximum absolute atomic E-state index is 13.0. The molecule has 3 aromatic rings. The van der Waals surface area contributed by atoms with Gasteiger partial charge in [-0.3, -0.25) is 4.79 Å². The van der Waals surface area contributed by atoms with Gasteiger partial charge in [0.15, 0.2) is 5.69 Å². The summed E-state index contributed by atoms with van der Waals surface area (Å²) in [5.74, 6) is -0.186. The highest BCUT2D eigenvalue weighted by molar-refractivity contribution is 6.03. The highest BCUT2D eigenvalue weighted by atomic mass is 19.1. The monoisotopic (exact) mass is 369 g/mol. The van der Waals surface area contributed by atoms with Crippen LogP contribution in [0.25, 0.3) is 0 Å². The molecule has 8 heteroatoms. The summed E-state index contributed by atoms with van der Waals surface area (Å²) in [5, 5.41) is 10.7. The van der Waals surface area contributed by atoms with E-state index in [-0.39, 0.29) is 23.5 Å². The van der Waals surface area contributed by atoms with E-state index in [9.17, 15) is 9.18 Å². The van der Waals surface area contributed by atoms with E-state index < -0.39 is 0 Å². The molecular weight excluding hydrogens is 349 g/mol. The Balaban J connectivity index is 1.68. The number of hydrogen-bond donors (Lipinski definition) is 1. The first-order valence-electron chi connectivity index (χ1n) is 8.51. The summed E-state index contributed by atoms with van der Waals surface area (Å²) in [5.41, 5.74) is 2.23. The summed E-state index contributed by atoms with van der Waals surface area (Å²) in [6, 6.07) is 9.50. The topological polar surface area (TPSA) is 81.9 Å². The van der Waals surface area contributed by atoms with Crippen LogP contribution in [-0.2, 0) is 6.54 Å². The van der Waals surface area contributed by atoms with Crippen molar-refractivity contribution in [2.45, 2.75) is 33.4 Å². The molecule has 27 heavy (non-hydrogen) atoms. The molecule has 2 heterocycles. The maximum atomic E-state index is 13.0. The standard InChI is InChI=1S/C19H20FN5O2/c1-12(2)27-17-9-8-16(10-21-17)22-19(26)18-13(3)25(24-23-18)11-14-4-6-15(20)7-5-14/h4-10,12H,11H2,1-3H3,(H,22,26). The van der Waals surface area contributed by atoms with Crippen LogP contribution in [-0.4, -0.2) is 32.0 Å². The molecule has 1 aromatic carbocycles. The van der Waals surface area contributed by atoms with Crippen molar-refractivity contribution < 1.29 is 13.9 Å². The first-order valence-corrected chi connectivity index (χ1v) is 8.51. The van der Waals surface area contributed by atoms with Crippen molar-refractivity contribution in [1.82, 2.24) is 20.0 Å². The lowest BCUT2D eigenvalue weighted by molar-refractivity contribution is 0.102. The molecule has 7 nitrogen and oxygen atoms in total. The average molecular weight is 369 g/mol. The zero-order chi connectivity index (χ0) is 19.4. The zero-order valence-electron chi connectivity index (χ0n) is 15.3. The predicted molar refractivity (Wildman–Crippen MR) is 98.2 cm³/mol. The molecule has 0 aliphatic rings. The molecule has 1 amide bonds. The molecule has 0 fully saturated rings. The Bertz CT molecular complexity index is 920. The summed E-state index contributed by atoms with van der Waals surface area (Å²) in [4.78, 5) is 16.6. The van der Waals surface area contributed by atoms with Crippen molar-refractivity contribution in [1.29, 1.82) is 0 Å². The molecular formula is C19H20FN5O2. The largest absolute Gasteiger partial charge is 0.475 e. The Kier molecular flexibility index (Phi) is 5.44. The van der Waals surface area contributed by atoms with E-state index in [1.54, 1.807) is 35.9 Å². The van der Waals surface area contributed by atoms with Crippen LogP contribution in [0.15, 0.2) is 42.6 Å². The quantitative estimate of drug-likeness (QED) is 0.721. The lowest BCUT2D eigenvalue weighted by Crippen LogP contribution is -2.15. The SMILES string of the molecule is Cc1c(C(=O)Nc2ccc(OC(C)C)nc2)nnn1Cc1ccc(F)cc1. The summed E-state index contributed by atoms with van der Waals surface area (Å²) >= 11 is 0. The fraction of sp³-hybridized carbons (Fsp3) is 0.263. The van der Waals surface area contributed by atoms with E-state index in [4.69, 9.17) is 4.74 Å². The van der Waals surface area contributed by atoms with Gasteiger partial charge in [-0.1, -0.05) is 17.3 Å². The Hall–Kier alpha value is -3.29. The molecule has 3 rings (SSSR count). The second kappa shape index (κ2) is 7.94. The van der Waals surface area contributed by atoms with E-state index in [2.05, 4.69) is 20.6 Å². The average Bonchev–Trinajstić information content (AvgIpc) is 2.99. The third-order valence-corrected chi connectivity index (χ3v) is 3.79. The minimum atomic E-state index is -0.378. The van der Waals surface area contributed by atoms with Crippen LogP contribution in [0, 0.1) is 12.7 Å². The Morgan fingerprint density at radius 2 is 1.96 bits per heavy atom. The maximum Gasteiger partial charge on any atom is 0.278 e. The van der Waals surface area contributed by atoms with Crippen LogP contribution in [0.1, 0.15) is 35.6 Å². The molecule has 0 saturated heterocycles. The van der Waals surface area contributed by atoms with E-state index in [1.807, 2.05) is 13.8 Å². The molecule has 1 N–H and O–H groups in total. The minimum absolute atomic E-state index is 0.0248. The fourth-order valence-electron chi connectivity index (χ4n) is 2.44. The van der Waals surface area contributed by atoms with Crippen molar-refractivity contribution in [2.24, 2.45) is 0 Å². The first kappa shape index (κ1) is 18.5. The van der Waals surface area contributed by atoms with Gasteiger partial charge in [-0.2, -0.15) is 0 Å². The molecule has 140 valence electrons. The van der Waals surface area contributed by atoms with Crippen LogP contribution in [0.5, 0.6) is 5.88 Å². The number of benzene rings is 1. The summed E-state index contributed by atoms with van der Waals surface area (Å²) in [6.07, 6.45) is 1.55. The summed E-state index contributed by atoms with van der Waals surface area (Å²) in [6.45, 7) is 5.98. The lowest BCUT2D eigenvalue weighted by Gasteiger charge is -2.09. The lowest BCUT2D eigenvalue weighted by atomic mass is 10.2. The number of hydrogen-bond acceptors (Lipinski definition) is 5. The minimum Gasteiger partial charge on any atom is -0.475 e. The van der Waals surface area contributed by atoms with E-state index in [1.165, 1.54) is 18.3 Å². The third-order valence-electron chi connectivity index (χ3n) is 3.79. The predicted octanol–water partition coefficient (Wildman–Crippen LogP) is 3.21. The molecule has 0 aliphatic heterocycles. The fourth-order valence-corrected chi connectivity index (χ4v) is 2.44. The number of halogens is 1. The van der Waals surface area contributed by atoms with Crippen molar-refractivity contribution in [3.63, 3.8) is 0 Å². The van der Waals surface area contributed by atoms with Crippen molar-refractivity contribution in [2.75, 3.05) is 5.32 Å². The molecule has 2 aromatic heterocycles. The van der Waals surface area contributed by atoms with Gasteiger partial charge in [0.25, 0.3) is 5.91 Å². The second-order valence-corrected chi connectivity index (χ2v) is 6.31. The normalized spacial score (nSPS) is 10.9. The zero-order valence-corrected chi connectivity index (χ0v) is 15.3. The molecule has 0 bridgehead atoms. The number of amides is 1. The van der Waals surface area contributed by atoms with Gasteiger partial charge in [0.2, 0.25) is 5.88 Å². The van der Waals surface area contributed by atoms with Gasteiger partial charge in [-0.15, -0.1) is 5.10 Å². The van der Waals surface area contributed by atoms with Crippen molar-refractivity contribution in [3.05, 3.63) is 65.4 Å². The first-order chi connectivity index (χ1) is 12.9. The number of anilines is 1. The molecule has 0 aliphatic carbocycles. The number of carbonyl (C=O) groups is 1. The number of nitrogens with one attached hydrogen (secondary N) is 1. The van der Waals surface area contributed by atoms with Gasteiger partial charge < -0.3 is 10.1 Å². The van der Waals surface area contributed by atoms with Gasteiger partial charge in [-0.25, -0.2) is 14.1 Å². The number of pyridine rings is 1. The van der Waals surface area contributed by atoms with Gasteiger partial charge >= 0.3 is 0 Å². The Labute approximate surface area is 156 Å². The third kappa shape index (κ3) is 4.66. The summed E-state index contributed by atoms with van der Waals surface area (Å²) in [7, 11) is 0. The summed E-state index contributed by atoms with van der Waals surface area (Å²) < 4.78 is 20.1. The van der Waals surface area contributed by atoms with Crippen LogP contribution < -0.4 is 10.1 Å². The number of carbonyl (C=O) groups excluding carboxylic acids is 1. The van der Waals surface area contributed by atoms with Crippen molar-refractivity contribution in [3.8, 4) is 5.88 Å². The van der Waals surface area contributed by atoms with Crippen LogP contribution in [0.2, 0.25) is 0 Å². The van der Waals surface area contributed by atoms with Gasteiger partial charge in [0.1, 0.15) is 5.82 Å². The van der Waals surface area contributed by atoms with Gasteiger partial charge in [0, 0.05) is 6.07 Å². The second-order valence-electron chi connectivity index (χ2n) is 6.31. The number of nitrogens with zero attached hydrogens (tertiary/aromatic N) is 4. The van der Waals surface area contributed by atoms with E-state index in [0.29, 0.717) is 23.8 Å². The van der Waals surface area contributed by atoms with E-state index >= 15 is 0 Å². The van der Waals surface area contributed by atoms with Crippen molar-refractivity contribution >= 4 is 11.6 Å². The Morgan fingerprint density at radius 1 is 1.22 bits per heavy atom. The van der Waals surface area contributed by atoms with Gasteiger partial charge in [0.05, 0.1) is 30.2 Å². The highest BCUT2D eigenvalue weighted by Gasteiger charge is 2.17. The van der Waals surface area contributed by atoms with E-state index in [0.717, 1.165) is 5.56 Å². The molecule has 0 radical (unpaired) electrons. The molecule has 0 atom stereocenters. The van der Waals surface area contributed by atoms with Crippen LogP contribution >= 0.6 is 0 Å². The number of rotatable bonds is 6. The van der Waals surface area contributed by atoms with Crippen LogP contribution in [0.4, 0.5) is 10.1 Å². The molecule has 0 saturated carbocycles. The van der Waals surface area contributed by atoms with Crippen LogP contribution in [0.3, 0.4) is 0 Å². The Morgan fingerprint density at radius 3 is 2.59 bits per heavy atom. The number of aromatic nitrogens is 4. The highest BCUT2D eigenvalue weighted by Crippen LogP contribution is 2.15. The van der Waals surface area contributed by atoms with Gasteiger partial charge in [-0.05, 0) is 44.5 Å². The number of ether oxygens (including phenoxy) is 1. The molecule has 0 spiro atoms.